The fraction of sp³-hybridized carbons (Fsp3) is 0.562. The van der Waals surface area contributed by atoms with Gasteiger partial charge in [-0.05, 0) is 44.4 Å². The lowest BCUT2D eigenvalue weighted by Crippen LogP contribution is -2.26. The summed E-state index contributed by atoms with van der Waals surface area (Å²) in [6.07, 6.45) is 0.578. The molecule has 1 atom stereocenters. The van der Waals surface area contributed by atoms with Crippen molar-refractivity contribution in [3.8, 4) is 0 Å². The van der Waals surface area contributed by atoms with Crippen LogP contribution < -0.4 is 4.90 Å². The van der Waals surface area contributed by atoms with E-state index < -0.39 is 11.4 Å². The summed E-state index contributed by atoms with van der Waals surface area (Å²) in [5.41, 5.74) is 3.09. The molecule has 1 aliphatic rings. The summed E-state index contributed by atoms with van der Waals surface area (Å²) in [6, 6.07) is 6.42. The topological polar surface area (TPSA) is 40.5 Å². The molecule has 0 saturated heterocycles. The fourth-order valence-corrected chi connectivity index (χ4v) is 2.81. The molecule has 104 valence electrons. The van der Waals surface area contributed by atoms with E-state index in [4.69, 9.17) is 0 Å². The Morgan fingerprint density at radius 3 is 2.74 bits per heavy atom. The maximum Gasteiger partial charge on any atom is 0.309 e. The van der Waals surface area contributed by atoms with Gasteiger partial charge in [-0.3, -0.25) is 4.79 Å². The van der Waals surface area contributed by atoms with Gasteiger partial charge in [-0.1, -0.05) is 19.1 Å². The number of benzene rings is 1. The van der Waals surface area contributed by atoms with Crippen molar-refractivity contribution in [1.82, 2.24) is 0 Å². The van der Waals surface area contributed by atoms with Crippen LogP contribution in [0.4, 0.5) is 5.69 Å². The number of hydrogen-bond acceptors (Lipinski definition) is 2. The van der Waals surface area contributed by atoms with Gasteiger partial charge >= 0.3 is 5.97 Å². The minimum absolute atomic E-state index is 0.530. The molecule has 19 heavy (non-hydrogen) atoms. The number of anilines is 1. The van der Waals surface area contributed by atoms with Gasteiger partial charge in [0, 0.05) is 24.7 Å². The third-order valence-electron chi connectivity index (χ3n) is 4.06. The molecular formula is C16H23NO2. The molecule has 1 aliphatic heterocycles. The van der Waals surface area contributed by atoms with Crippen molar-refractivity contribution in [2.24, 2.45) is 5.41 Å². The first kappa shape index (κ1) is 13.9. The molecule has 3 nitrogen and oxygen atoms in total. The van der Waals surface area contributed by atoms with Crippen molar-refractivity contribution < 1.29 is 9.90 Å². The summed E-state index contributed by atoms with van der Waals surface area (Å²) >= 11 is 0. The van der Waals surface area contributed by atoms with Crippen molar-refractivity contribution in [3.63, 3.8) is 0 Å². The van der Waals surface area contributed by atoms with Crippen LogP contribution in [0.25, 0.3) is 0 Å². The predicted octanol–water partition coefficient (Wildman–Crippen LogP) is 3.28. The molecule has 0 spiro atoms. The van der Waals surface area contributed by atoms with Crippen LogP contribution in [0.5, 0.6) is 0 Å². The summed E-state index contributed by atoms with van der Waals surface area (Å²) in [7, 11) is 0. The van der Waals surface area contributed by atoms with Gasteiger partial charge in [-0.25, -0.2) is 0 Å². The Hall–Kier alpha value is -1.51. The van der Waals surface area contributed by atoms with Gasteiger partial charge in [0.25, 0.3) is 0 Å². The zero-order valence-corrected chi connectivity index (χ0v) is 12.2. The van der Waals surface area contributed by atoms with E-state index in [2.05, 4.69) is 36.9 Å². The van der Waals surface area contributed by atoms with E-state index in [1.165, 1.54) is 11.3 Å². The third-order valence-corrected chi connectivity index (χ3v) is 4.06. The average Bonchev–Trinajstić information content (AvgIpc) is 2.65. The molecule has 3 heteroatoms. The first-order valence-electron chi connectivity index (χ1n) is 6.96. The van der Waals surface area contributed by atoms with E-state index in [9.17, 15) is 9.90 Å². The van der Waals surface area contributed by atoms with Crippen LogP contribution in [0, 0.1) is 5.41 Å². The number of carbonyl (C=O) groups is 1. The van der Waals surface area contributed by atoms with Crippen LogP contribution in [0.2, 0.25) is 0 Å². The van der Waals surface area contributed by atoms with Crippen molar-refractivity contribution in [1.29, 1.82) is 0 Å². The highest BCUT2D eigenvalue weighted by molar-refractivity contribution is 5.74. The Balaban J connectivity index is 2.28. The molecule has 0 aromatic heterocycles. The van der Waals surface area contributed by atoms with Crippen molar-refractivity contribution in [3.05, 3.63) is 29.3 Å². The largest absolute Gasteiger partial charge is 0.481 e. The first-order chi connectivity index (χ1) is 8.85. The number of carboxylic acid groups (broad SMARTS) is 1. The third kappa shape index (κ3) is 2.60. The lowest BCUT2D eigenvalue weighted by atomic mass is 9.85. The summed E-state index contributed by atoms with van der Waals surface area (Å²) in [5.74, 6) is -0.209. The molecule has 1 N–H and O–H groups in total. The standard InChI is InChI=1S/C16H23NO2/c1-5-17-10-11(2)13-8-12(6-7-14(13)17)9-16(3,4)15(18)19/h6-8,11H,5,9-10H2,1-4H3,(H,18,19). The normalized spacial score (nSPS) is 18.5. The van der Waals surface area contributed by atoms with Gasteiger partial charge in [0.15, 0.2) is 0 Å². The number of likely N-dealkylation sites (N-methyl/N-ethyl adjacent to an activating group) is 1. The highest BCUT2D eigenvalue weighted by Gasteiger charge is 2.29. The molecular weight excluding hydrogens is 238 g/mol. The van der Waals surface area contributed by atoms with Gasteiger partial charge in [-0.2, -0.15) is 0 Å². The monoisotopic (exact) mass is 261 g/mol. The summed E-state index contributed by atoms with van der Waals surface area (Å²) in [6.45, 7) is 10.1. The quantitative estimate of drug-likeness (QED) is 0.904. The van der Waals surface area contributed by atoms with E-state index in [0.29, 0.717) is 12.3 Å². The molecule has 0 fully saturated rings. The lowest BCUT2D eigenvalue weighted by Gasteiger charge is -2.20. The maximum atomic E-state index is 11.2. The van der Waals surface area contributed by atoms with Gasteiger partial charge in [0.1, 0.15) is 0 Å². The summed E-state index contributed by atoms with van der Waals surface area (Å²) in [4.78, 5) is 13.6. The lowest BCUT2D eigenvalue weighted by molar-refractivity contribution is -0.146. The van der Waals surface area contributed by atoms with Crippen molar-refractivity contribution in [2.45, 2.75) is 40.0 Å². The number of rotatable bonds is 4. The molecule has 1 heterocycles. The molecule has 2 rings (SSSR count). The van der Waals surface area contributed by atoms with E-state index in [-0.39, 0.29) is 0 Å². The molecule has 0 radical (unpaired) electrons. The highest BCUT2D eigenvalue weighted by atomic mass is 16.4. The fourth-order valence-electron chi connectivity index (χ4n) is 2.81. The summed E-state index contributed by atoms with van der Waals surface area (Å²) < 4.78 is 0. The highest BCUT2D eigenvalue weighted by Crippen LogP contribution is 2.37. The Bertz CT molecular complexity index is 494. The SMILES string of the molecule is CCN1CC(C)c2cc(CC(C)(C)C(=O)O)ccc21. The van der Waals surface area contributed by atoms with Crippen molar-refractivity contribution >= 4 is 11.7 Å². The molecule has 0 amide bonds. The van der Waals surface area contributed by atoms with E-state index in [1.807, 2.05) is 0 Å². The van der Waals surface area contributed by atoms with Crippen molar-refractivity contribution in [2.75, 3.05) is 18.0 Å². The first-order valence-corrected chi connectivity index (χ1v) is 6.96. The predicted molar refractivity (Wildman–Crippen MR) is 77.9 cm³/mol. The Morgan fingerprint density at radius 1 is 1.47 bits per heavy atom. The minimum atomic E-state index is -0.740. The number of fused-ring (bicyclic) bond motifs is 1. The Morgan fingerprint density at radius 2 is 2.16 bits per heavy atom. The molecule has 0 aliphatic carbocycles. The second-order valence-corrected chi connectivity index (χ2v) is 6.20. The van der Waals surface area contributed by atoms with Crippen LogP contribution >= 0.6 is 0 Å². The zero-order chi connectivity index (χ0) is 14.2. The smallest absolute Gasteiger partial charge is 0.309 e. The van der Waals surface area contributed by atoms with E-state index in [1.54, 1.807) is 13.8 Å². The Labute approximate surface area is 115 Å². The Kier molecular flexibility index (Phi) is 3.57. The van der Waals surface area contributed by atoms with Gasteiger partial charge in [0.05, 0.1) is 5.41 Å². The van der Waals surface area contributed by atoms with Crippen LogP contribution in [0.3, 0.4) is 0 Å². The van der Waals surface area contributed by atoms with Crippen LogP contribution in [0.1, 0.15) is 44.7 Å². The van der Waals surface area contributed by atoms with Crippen LogP contribution in [-0.2, 0) is 11.2 Å². The van der Waals surface area contributed by atoms with E-state index in [0.717, 1.165) is 18.7 Å². The second-order valence-electron chi connectivity index (χ2n) is 6.20. The average molecular weight is 261 g/mol. The molecule has 1 unspecified atom stereocenters. The number of hydrogen-bond donors (Lipinski definition) is 1. The number of aliphatic carboxylic acids is 1. The minimum Gasteiger partial charge on any atom is -0.481 e. The van der Waals surface area contributed by atoms with E-state index >= 15 is 0 Å². The van der Waals surface area contributed by atoms with Gasteiger partial charge < -0.3 is 10.0 Å². The van der Waals surface area contributed by atoms with Crippen LogP contribution in [-0.4, -0.2) is 24.2 Å². The molecule has 1 aromatic carbocycles. The second kappa shape index (κ2) is 4.87. The van der Waals surface area contributed by atoms with Crippen LogP contribution in [0.15, 0.2) is 18.2 Å². The summed E-state index contributed by atoms with van der Waals surface area (Å²) in [5, 5.41) is 9.22. The molecule has 0 bridgehead atoms. The van der Waals surface area contributed by atoms with Gasteiger partial charge in [0.2, 0.25) is 0 Å². The molecule has 1 aromatic rings. The number of nitrogens with zero attached hydrogens (tertiary/aromatic N) is 1. The van der Waals surface area contributed by atoms with Gasteiger partial charge in [-0.15, -0.1) is 0 Å². The zero-order valence-electron chi connectivity index (χ0n) is 12.2. The molecule has 0 saturated carbocycles. The maximum absolute atomic E-state index is 11.2. The number of carboxylic acids is 1.